The van der Waals surface area contributed by atoms with Crippen LogP contribution >= 0.6 is 0 Å². The fourth-order valence-electron chi connectivity index (χ4n) is 4.20. The summed E-state index contributed by atoms with van der Waals surface area (Å²) in [7, 11) is -4.06. The second-order valence-electron chi connectivity index (χ2n) is 15.0. The van der Waals surface area contributed by atoms with Gasteiger partial charge in [-0.2, -0.15) is 0 Å². The maximum atomic E-state index is 13.7. The van der Waals surface area contributed by atoms with Gasteiger partial charge in [0.15, 0.2) is 22.7 Å². The Kier molecular flexibility index (Phi) is 14.3. The second-order valence-corrected chi connectivity index (χ2v) is 24.5. The normalized spacial score (nSPS) is 15.5. The Morgan fingerprint density at radius 2 is 1.16 bits per heavy atom. The van der Waals surface area contributed by atoms with Gasteiger partial charge in [-0.1, -0.05) is 108 Å². The van der Waals surface area contributed by atoms with Crippen LogP contribution in [0.5, 0.6) is 0 Å². The molecule has 0 heterocycles. The Morgan fingerprint density at radius 1 is 0.705 bits per heavy atom. The molecule has 0 fully saturated rings. The topological polar surface area (TPSA) is 54.0 Å². The van der Waals surface area contributed by atoms with Crippen LogP contribution in [0, 0.1) is 11.8 Å². The number of carbonyl (C=O) groups is 1. The highest BCUT2D eigenvalue weighted by Gasteiger charge is 2.41. The van der Waals surface area contributed by atoms with Gasteiger partial charge in [0.2, 0.25) is 5.78 Å². The minimum Gasteiger partial charge on any atom is -0.414 e. The van der Waals surface area contributed by atoms with E-state index in [1.165, 1.54) is 0 Å². The third kappa shape index (κ3) is 12.4. The average Bonchev–Trinajstić information content (AvgIpc) is 2.92. The summed E-state index contributed by atoms with van der Waals surface area (Å²) in [4.78, 5) is 13.7. The highest BCUT2D eigenvalue weighted by atomic mass is 28.4. The van der Waals surface area contributed by atoms with Gasteiger partial charge in [-0.05, 0) is 80.0 Å². The van der Waals surface area contributed by atoms with E-state index in [1.54, 1.807) is 0 Å². The standard InChI is InChI=1S/C37H58O5Si2/c1-29(41-43(9,10)36(3,4)5)23-24-33(39-27-31-19-15-13-16-20-31)25-26-34(38)35(40-28-32-21-17-14-18-22-32)30(2)42-44(11,12)37(6,7)8/h13-22,29-30,33,35H,23-24,27-28H2,1-12H3/t29-,30+,33+,35+/m1/s1. The molecule has 0 unspecified atom stereocenters. The number of benzene rings is 2. The van der Waals surface area contributed by atoms with E-state index in [9.17, 15) is 4.79 Å². The number of carbonyl (C=O) groups excluding carboxylic acids is 1. The lowest BCUT2D eigenvalue weighted by molar-refractivity contribution is -0.132. The van der Waals surface area contributed by atoms with Crippen LogP contribution in [0.1, 0.15) is 79.4 Å². The van der Waals surface area contributed by atoms with Gasteiger partial charge >= 0.3 is 0 Å². The Labute approximate surface area is 270 Å². The van der Waals surface area contributed by atoms with E-state index in [0.717, 1.165) is 17.5 Å². The van der Waals surface area contributed by atoms with Crippen LogP contribution in [0.4, 0.5) is 0 Å². The molecule has 0 amide bonds. The smallest absolute Gasteiger partial charge is 0.236 e. The molecule has 2 aromatic rings. The van der Waals surface area contributed by atoms with E-state index in [2.05, 4.69) is 86.5 Å². The lowest BCUT2D eigenvalue weighted by Crippen LogP contribution is -2.48. The summed E-state index contributed by atoms with van der Waals surface area (Å²) in [5.74, 6) is 5.81. The zero-order chi connectivity index (χ0) is 33.2. The van der Waals surface area contributed by atoms with Crippen LogP contribution in [0.2, 0.25) is 36.3 Å². The van der Waals surface area contributed by atoms with Gasteiger partial charge in [-0.15, -0.1) is 0 Å². The molecular weight excluding hydrogens is 581 g/mol. The number of rotatable bonds is 15. The van der Waals surface area contributed by atoms with Gasteiger partial charge in [0, 0.05) is 6.10 Å². The molecule has 0 N–H and O–H groups in total. The number of ketones is 1. The quantitative estimate of drug-likeness (QED) is 0.111. The second kappa shape index (κ2) is 16.5. The first kappa shape index (κ1) is 38.1. The molecule has 4 atom stereocenters. The van der Waals surface area contributed by atoms with Gasteiger partial charge in [-0.3, -0.25) is 4.79 Å². The maximum absolute atomic E-state index is 13.7. The van der Waals surface area contributed by atoms with Crippen molar-refractivity contribution in [1.29, 1.82) is 0 Å². The van der Waals surface area contributed by atoms with E-state index in [1.807, 2.05) is 67.6 Å². The number of ether oxygens (including phenoxy) is 2. The third-order valence-electron chi connectivity index (χ3n) is 9.03. The molecule has 5 nitrogen and oxygen atoms in total. The van der Waals surface area contributed by atoms with Gasteiger partial charge < -0.3 is 18.3 Å². The molecular formula is C37H58O5Si2. The molecule has 0 aliphatic carbocycles. The van der Waals surface area contributed by atoms with Crippen LogP contribution in [-0.2, 0) is 36.3 Å². The molecule has 0 saturated heterocycles. The average molecular weight is 639 g/mol. The minimum atomic E-state index is -2.15. The molecule has 244 valence electrons. The van der Waals surface area contributed by atoms with Crippen LogP contribution in [-0.4, -0.2) is 46.8 Å². The third-order valence-corrected chi connectivity index (χ3v) is 18.2. The van der Waals surface area contributed by atoms with Crippen LogP contribution in [0.25, 0.3) is 0 Å². The number of hydrogen-bond acceptors (Lipinski definition) is 5. The fraction of sp³-hybridized carbons (Fsp3) is 0.595. The summed E-state index contributed by atoms with van der Waals surface area (Å²) in [5, 5.41) is 0.133. The van der Waals surface area contributed by atoms with Gasteiger partial charge in [-0.25, -0.2) is 0 Å². The Morgan fingerprint density at radius 3 is 1.64 bits per heavy atom. The highest BCUT2D eigenvalue weighted by molar-refractivity contribution is 6.74. The fourth-order valence-corrected chi connectivity index (χ4v) is 7.09. The first-order valence-electron chi connectivity index (χ1n) is 16.0. The molecule has 0 aliphatic heterocycles. The van der Waals surface area contributed by atoms with Gasteiger partial charge in [0.25, 0.3) is 0 Å². The monoisotopic (exact) mass is 638 g/mol. The number of Topliss-reactive ketones (excluding diaryl/α,β-unsaturated/α-hetero) is 1. The molecule has 0 aliphatic rings. The maximum Gasteiger partial charge on any atom is 0.236 e. The lowest BCUT2D eigenvalue weighted by Gasteiger charge is -2.39. The first-order valence-corrected chi connectivity index (χ1v) is 21.9. The number of hydrogen-bond donors (Lipinski definition) is 0. The van der Waals surface area contributed by atoms with Crippen molar-refractivity contribution < 1.29 is 23.1 Å². The predicted molar refractivity (Wildman–Crippen MR) is 188 cm³/mol. The van der Waals surface area contributed by atoms with E-state index in [0.29, 0.717) is 19.6 Å². The lowest BCUT2D eigenvalue weighted by atomic mass is 10.1. The Balaban J connectivity index is 2.26. The summed E-state index contributed by atoms with van der Waals surface area (Å²) in [5.41, 5.74) is 2.06. The first-order chi connectivity index (χ1) is 20.3. The summed E-state index contributed by atoms with van der Waals surface area (Å²) >= 11 is 0. The molecule has 44 heavy (non-hydrogen) atoms. The van der Waals surface area contributed by atoms with E-state index >= 15 is 0 Å². The highest BCUT2D eigenvalue weighted by Crippen LogP contribution is 2.38. The zero-order valence-corrected chi connectivity index (χ0v) is 31.5. The summed E-state index contributed by atoms with van der Waals surface area (Å²) in [6.07, 6.45) is -0.162. The molecule has 0 saturated carbocycles. The van der Waals surface area contributed by atoms with Crippen molar-refractivity contribution in [2.45, 2.75) is 142 Å². The Bertz CT molecular complexity index is 1200. The summed E-state index contributed by atoms with van der Waals surface area (Å²) in [6, 6.07) is 19.9. The SMILES string of the molecule is C[C@H](CC[C@@H](C#CC(=O)[C@@H](OCc1ccccc1)[C@H](C)O[Si](C)(C)C(C)(C)C)OCc1ccccc1)O[Si](C)(C)C(C)(C)C. The largest absolute Gasteiger partial charge is 0.414 e. The van der Waals surface area contributed by atoms with Crippen molar-refractivity contribution in [2.24, 2.45) is 0 Å². The van der Waals surface area contributed by atoms with Crippen molar-refractivity contribution in [3.63, 3.8) is 0 Å². The van der Waals surface area contributed by atoms with Gasteiger partial charge in [0.05, 0.1) is 19.3 Å². The van der Waals surface area contributed by atoms with Crippen molar-refractivity contribution in [2.75, 3.05) is 0 Å². The predicted octanol–water partition coefficient (Wildman–Crippen LogP) is 9.33. The Hall–Kier alpha value is -2.06. The molecule has 2 rings (SSSR count). The summed E-state index contributed by atoms with van der Waals surface area (Å²) in [6.45, 7) is 27.0. The molecule has 7 heteroatoms. The van der Waals surface area contributed by atoms with Crippen molar-refractivity contribution >= 4 is 22.4 Å². The van der Waals surface area contributed by atoms with Crippen molar-refractivity contribution in [3.8, 4) is 11.8 Å². The zero-order valence-electron chi connectivity index (χ0n) is 29.5. The molecule has 0 radical (unpaired) electrons. The van der Waals surface area contributed by atoms with Crippen LogP contribution in [0.15, 0.2) is 60.7 Å². The molecule has 2 aromatic carbocycles. The van der Waals surface area contributed by atoms with Gasteiger partial charge in [0.1, 0.15) is 6.10 Å². The van der Waals surface area contributed by atoms with Crippen molar-refractivity contribution in [3.05, 3.63) is 71.8 Å². The minimum absolute atomic E-state index is 0.000479. The van der Waals surface area contributed by atoms with E-state index in [4.69, 9.17) is 18.3 Å². The van der Waals surface area contributed by atoms with Crippen LogP contribution in [0.3, 0.4) is 0 Å². The molecule has 0 bridgehead atoms. The van der Waals surface area contributed by atoms with Crippen molar-refractivity contribution in [1.82, 2.24) is 0 Å². The van der Waals surface area contributed by atoms with E-state index < -0.39 is 34.9 Å². The molecule has 0 spiro atoms. The van der Waals surface area contributed by atoms with Crippen LogP contribution < -0.4 is 0 Å². The van der Waals surface area contributed by atoms with E-state index in [-0.39, 0.29) is 22.0 Å². The summed E-state index contributed by atoms with van der Waals surface area (Å²) < 4.78 is 25.7. The molecule has 0 aromatic heterocycles.